The third-order valence-electron chi connectivity index (χ3n) is 4.95. The highest BCUT2D eigenvalue weighted by molar-refractivity contribution is 6.34. The number of fused-ring (bicyclic) bond motifs is 1. The molecule has 0 bridgehead atoms. The zero-order valence-electron chi connectivity index (χ0n) is 16.8. The number of imide groups is 1. The van der Waals surface area contributed by atoms with Crippen molar-refractivity contribution in [3.63, 3.8) is 0 Å². The fourth-order valence-electron chi connectivity index (χ4n) is 3.46. The fourth-order valence-corrected chi connectivity index (χ4v) is 3.46. The average molecular weight is 430 g/mol. The maximum absolute atomic E-state index is 12.7. The van der Waals surface area contributed by atoms with Gasteiger partial charge in [0.15, 0.2) is 0 Å². The van der Waals surface area contributed by atoms with Crippen molar-refractivity contribution in [1.29, 1.82) is 0 Å². The van der Waals surface area contributed by atoms with Crippen LogP contribution in [0.1, 0.15) is 27.1 Å². The molecule has 0 radical (unpaired) electrons. The lowest BCUT2D eigenvalue weighted by Crippen LogP contribution is -2.29. The molecule has 3 amide bonds. The van der Waals surface area contributed by atoms with Crippen LogP contribution in [0.2, 0.25) is 0 Å². The molecular weight excluding hydrogens is 412 g/mol. The highest BCUT2D eigenvalue weighted by atomic mass is 16.6. The Kier molecular flexibility index (Phi) is 5.63. The zero-order chi connectivity index (χ0) is 22.7. The molecule has 0 fully saturated rings. The molecule has 0 atom stereocenters. The maximum atomic E-state index is 12.7. The number of para-hydroxylation sites is 2. The van der Waals surface area contributed by atoms with Crippen molar-refractivity contribution in [3.8, 4) is 0 Å². The number of nitro groups is 1. The minimum absolute atomic E-state index is 0.0588. The molecule has 160 valence electrons. The maximum Gasteiger partial charge on any atom is 0.292 e. The van der Waals surface area contributed by atoms with E-state index in [0.717, 1.165) is 4.90 Å². The van der Waals surface area contributed by atoms with E-state index in [-0.39, 0.29) is 24.6 Å². The Bertz CT molecular complexity index is 1210. The molecule has 3 aromatic rings. The molecule has 0 aromatic heterocycles. The summed E-state index contributed by atoms with van der Waals surface area (Å²) in [6.07, 6.45) is 0.0588. The Balaban J connectivity index is 1.40. The van der Waals surface area contributed by atoms with Gasteiger partial charge < -0.3 is 10.6 Å². The van der Waals surface area contributed by atoms with Gasteiger partial charge in [0.1, 0.15) is 5.69 Å². The number of anilines is 3. The van der Waals surface area contributed by atoms with Crippen molar-refractivity contribution in [3.05, 3.63) is 94.0 Å². The standard InChI is InChI=1S/C23H18N4O5/c28-21(12-13-24-19-10-3-4-11-20(19)27(31)32)25-15-6-5-7-16(14-15)26-22(29)17-8-1-2-9-18(17)23(26)30/h1-11,14,24H,12-13H2,(H,25,28). The number of nitrogens with one attached hydrogen (secondary N) is 2. The summed E-state index contributed by atoms with van der Waals surface area (Å²) in [5.41, 5.74) is 1.72. The summed E-state index contributed by atoms with van der Waals surface area (Å²) < 4.78 is 0. The monoisotopic (exact) mass is 430 g/mol. The molecule has 0 spiro atoms. The van der Waals surface area contributed by atoms with Gasteiger partial charge in [-0.05, 0) is 36.4 Å². The van der Waals surface area contributed by atoms with Crippen LogP contribution in [0.15, 0.2) is 72.8 Å². The second kappa shape index (κ2) is 8.68. The Morgan fingerprint density at radius 3 is 2.25 bits per heavy atom. The van der Waals surface area contributed by atoms with Crippen molar-refractivity contribution >= 4 is 40.5 Å². The highest BCUT2D eigenvalue weighted by Crippen LogP contribution is 2.29. The molecule has 4 rings (SSSR count). The molecular formula is C23H18N4O5. The van der Waals surface area contributed by atoms with Crippen LogP contribution in [-0.2, 0) is 4.79 Å². The number of carbonyl (C=O) groups excluding carboxylic acids is 3. The van der Waals surface area contributed by atoms with Crippen LogP contribution in [-0.4, -0.2) is 29.2 Å². The van der Waals surface area contributed by atoms with Gasteiger partial charge in [0.25, 0.3) is 17.5 Å². The quantitative estimate of drug-likeness (QED) is 0.334. The number of rotatable bonds is 7. The van der Waals surface area contributed by atoms with Crippen molar-refractivity contribution in [1.82, 2.24) is 0 Å². The van der Waals surface area contributed by atoms with Crippen LogP contribution in [0, 0.1) is 10.1 Å². The van der Waals surface area contributed by atoms with Gasteiger partial charge >= 0.3 is 0 Å². The first-order valence-corrected chi connectivity index (χ1v) is 9.81. The largest absolute Gasteiger partial charge is 0.379 e. The lowest BCUT2D eigenvalue weighted by molar-refractivity contribution is -0.384. The first-order valence-electron chi connectivity index (χ1n) is 9.81. The summed E-state index contributed by atoms with van der Waals surface area (Å²) >= 11 is 0. The van der Waals surface area contributed by atoms with Crippen molar-refractivity contribution < 1.29 is 19.3 Å². The Labute approximate surface area is 182 Å². The highest BCUT2D eigenvalue weighted by Gasteiger charge is 2.36. The van der Waals surface area contributed by atoms with E-state index in [9.17, 15) is 24.5 Å². The summed E-state index contributed by atoms with van der Waals surface area (Å²) in [5.74, 6) is -1.15. The zero-order valence-corrected chi connectivity index (χ0v) is 16.8. The Morgan fingerprint density at radius 1 is 0.906 bits per heavy atom. The van der Waals surface area contributed by atoms with Gasteiger partial charge in [0.05, 0.1) is 21.7 Å². The smallest absolute Gasteiger partial charge is 0.292 e. The van der Waals surface area contributed by atoms with E-state index in [1.54, 1.807) is 66.7 Å². The van der Waals surface area contributed by atoms with E-state index in [4.69, 9.17) is 0 Å². The van der Waals surface area contributed by atoms with Gasteiger partial charge in [-0.2, -0.15) is 0 Å². The topological polar surface area (TPSA) is 122 Å². The number of hydrogen-bond acceptors (Lipinski definition) is 6. The lowest BCUT2D eigenvalue weighted by atomic mass is 10.1. The summed E-state index contributed by atoms with van der Waals surface area (Å²) in [5, 5.41) is 16.7. The molecule has 0 aliphatic carbocycles. The Morgan fingerprint density at radius 2 is 1.56 bits per heavy atom. The van der Waals surface area contributed by atoms with Gasteiger partial charge in [-0.1, -0.05) is 30.3 Å². The molecule has 1 aliphatic heterocycles. The first-order chi connectivity index (χ1) is 15.5. The third-order valence-corrected chi connectivity index (χ3v) is 4.95. The minimum Gasteiger partial charge on any atom is -0.379 e. The summed E-state index contributed by atoms with van der Waals surface area (Å²) in [6.45, 7) is 0.189. The van der Waals surface area contributed by atoms with Crippen LogP contribution in [0.3, 0.4) is 0 Å². The minimum atomic E-state index is -0.493. The van der Waals surface area contributed by atoms with E-state index < -0.39 is 16.7 Å². The number of amides is 3. The summed E-state index contributed by atoms with van der Waals surface area (Å²) in [6, 6.07) is 19.2. The van der Waals surface area contributed by atoms with Crippen LogP contribution in [0.5, 0.6) is 0 Å². The predicted octanol–water partition coefficient (Wildman–Crippen LogP) is 3.84. The summed E-state index contributed by atoms with van der Waals surface area (Å²) in [4.78, 5) is 49.3. The molecule has 0 unspecified atom stereocenters. The molecule has 9 nitrogen and oxygen atoms in total. The molecule has 32 heavy (non-hydrogen) atoms. The van der Waals surface area contributed by atoms with Gasteiger partial charge in [0, 0.05) is 24.7 Å². The van der Waals surface area contributed by atoms with Crippen LogP contribution < -0.4 is 15.5 Å². The number of nitrogens with zero attached hydrogens (tertiary/aromatic N) is 2. The molecule has 1 aliphatic rings. The van der Waals surface area contributed by atoms with E-state index in [1.807, 2.05) is 0 Å². The SMILES string of the molecule is O=C(CCNc1ccccc1[N+](=O)[O-])Nc1cccc(N2C(=O)c3ccccc3C2=O)c1. The molecule has 0 saturated carbocycles. The van der Waals surface area contributed by atoms with E-state index in [2.05, 4.69) is 10.6 Å². The fraction of sp³-hybridized carbons (Fsp3) is 0.0870. The lowest BCUT2D eigenvalue weighted by Gasteiger charge is -2.15. The molecule has 1 heterocycles. The van der Waals surface area contributed by atoms with E-state index in [0.29, 0.717) is 28.2 Å². The van der Waals surface area contributed by atoms with Crippen LogP contribution in [0.4, 0.5) is 22.7 Å². The average Bonchev–Trinajstić information content (AvgIpc) is 3.04. The van der Waals surface area contributed by atoms with E-state index >= 15 is 0 Å². The number of benzene rings is 3. The molecule has 0 saturated heterocycles. The molecule has 9 heteroatoms. The van der Waals surface area contributed by atoms with E-state index in [1.165, 1.54) is 6.07 Å². The van der Waals surface area contributed by atoms with Crippen LogP contribution in [0.25, 0.3) is 0 Å². The number of carbonyl (C=O) groups is 3. The Hall–Kier alpha value is -4.53. The third kappa shape index (κ3) is 4.04. The first kappa shape index (κ1) is 20.7. The van der Waals surface area contributed by atoms with Crippen molar-refractivity contribution in [2.24, 2.45) is 0 Å². The van der Waals surface area contributed by atoms with Gasteiger partial charge in [-0.3, -0.25) is 24.5 Å². The second-order valence-electron chi connectivity index (χ2n) is 7.04. The van der Waals surface area contributed by atoms with Gasteiger partial charge in [-0.25, -0.2) is 4.90 Å². The van der Waals surface area contributed by atoms with Crippen molar-refractivity contribution in [2.45, 2.75) is 6.42 Å². The summed E-state index contributed by atoms with van der Waals surface area (Å²) in [7, 11) is 0. The van der Waals surface area contributed by atoms with Gasteiger partial charge in [-0.15, -0.1) is 0 Å². The second-order valence-corrected chi connectivity index (χ2v) is 7.04. The number of hydrogen-bond donors (Lipinski definition) is 2. The number of nitro benzene ring substituents is 1. The van der Waals surface area contributed by atoms with Crippen LogP contribution >= 0.6 is 0 Å². The van der Waals surface area contributed by atoms with Crippen molar-refractivity contribution in [2.75, 3.05) is 22.1 Å². The van der Waals surface area contributed by atoms with Gasteiger partial charge in [0.2, 0.25) is 5.91 Å². The predicted molar refractivity (Wildman–Crippen MR) is 119 cm³/mol. The molecule has 2 N–H and O–H groups in total. The normalized spacial score (nSPS) is 12.4. The molecule has 3 aromatic carbocycles.